The molecule has 0 spiro atoms. The highest BCUT2D eigenvalue weighted by Crippen LogP contribution is 2.27. The Morgan fingerprint density at radius 2 is 2.25 bits per heavy atom. The molecule has 1 heterocycles. The molecule has 0 fully saturated rings. The molecule has 0 unspecified atom stereocenters. The average molecular weight is 273 g/mol. The third-order valence-corrected chi connectivity index (χ3v) is 3.17. The molecular formula is C9H8INO. The van der Waals surface area contributed by atoms with E-state index in [0.717, 1.165) is 11.3 Å². The third kappa shape index (κ3) is 1.22. The summed E-state index contributed by atoms with van der Waals surface area (Å²) in [5.74, 6) is 0.103. The summed E-state index contributed by atoms with van der Waals surface area (Å²) in [5, 5.41) is 2.82. The molecule has 3 heteroatoms. The first-order chi connectivity index (χ1) is 5.66. The van der Waals surface area contributed by atoms with E-state index >= 15 is 0 Å². The zero-order valence-corrected chi connectivity index (χ0v) is 8.81. The van der Waals surface area contributed by atoms with Gasteiger partial charge in [-0.3, -0.25) is 4.79 Å². The maximum Gasteiger partial charge on any atom is 0.228 e. The lowest BCUT2D eigenvalue weighted by atomic mass is 10.1. The predicted molar refractivity (Wildman–Crippen MR) is 56.2 cm³/mol. The highest BCUT2D eigenvalue weighted by molar-refractivity contribution is 14.1. The summed E-state index contributed by atoms with van der Waals surface area (Å²) in [5.41, 5.74) is 3.32. The second-order valence-electron chi connectivity index (χ2n) is 2.98. The topological polar surface area (TPSA) is 29.1 Å². The van der Waals surface area contributed by atoms with Gasteiger partial charge in [-0.15, -0.1) is 0 Å². The second-order valence-corrected chi connectivity index (χ2v) is 4.15. The Morgan fingerprint density at radius 1 is 1.50 bits per heavy atom. The molecule has 1 amide bonds. The lowest BCUT2D eigenvalue weighted by Crippen LogP contribution is -2.03. The van der Waals surface area contributed by atoms with Crippen LogP contribution in [0.4, 0.5) is 5.69 Å². The van der Waals surface area contributed by atoms with Gasteiger partial charge in [-0.25, -0.2) is 0 Å². The van der Waals surface area contributed by atoms with Crippen LogP contribution < -0.4 is 5.32 Å². The number of hydrogen-bond donors (Lipinski definition) is 1. The molecule has 1 N–H and O–H groups in total. The third-order valence-electron chi connectivity index (χ3n) is 2.01. The Kier molecular flexibility index (Phi) is 1.83. The van der Waals surface area contributed by atoms with Crippen molar-refractivity contribution in [2.24, 2.45) is 0 Å². The number of carbonyl (C=O) groups is 1. The number of fused-ring (bicyclic) bond motifs is 1. The van der Waals surface area contributed by atoms with Crippen molar-refractivity contribution in [3.8, 4) is 0 Å². The summed E-state index contributed by atoms with van der Waals surface area (Å²) in [6.07, 6.45) is 0.533. The van der Waals surface area contributed by atoms with Crippen molar-refractivity contribution in [2.75, 3.05) is 5.32 Å². The van der Waals surface area contributed by atoms with Gasteiger partial charge in [0.05, 0.1) is 6.42 Å². The fraction of sp³-hybridized carbons (Fsp3) is 0.222. The second kappa shape index (κ2) is 2.73. The highest BCUT2D eigenvalue weighted by Gasteiger charge is 2.17. The molecule has 2 rings (SSSR count). The molecule has 0 radical (unpaired) electrons. The van der Waals surface area contributed by atoms with Crippen molar-refractivity contribution in [3.63, 3.8) is 0 Å². The number of aryl methyl sites for hydroxylation is 1. The quantitative estimate of drug-likeness (QED) is 0.720. The van der Waals surface area contributed by atoms with Crippen molar-refractivity contribution in [1.82, 2.24) is 0 Å². The summed E-state index contributed by atoms with van der Waals surface area (Å²) in [6, 6.07) is 4.10. The van der Waals surface area contributed by atoms with E-state index < -0.39 is 0 Å². The molecule has 12 heavy (non-hydrogen) atoms. The van der Waals surface area contributed by atoms with E-state index in [2.05, 4.69) is 34.0 Å². The molecule has 62 valence electrons. The van der Waals surface area contributed by atoms with Gasteiger partial charge in [-0.05, 0) is 52.8 Å². The van der Waals surface area contributed by atoms with Crippen LogP contribution in [0, 0.1) is 10.5 Å². The largest absolute Gasteiger partial charge is 0.326 e. The fourth-order valence-electron chi connectivity index (χ4n) is 1.35. The number of halogens is 1. The smallest absolute Gasteiger partial charge is 0.228 e. The van der Waals surface area contributed by atoms with Crippen molar-refractivity contribution < 1.29 is 4.79 Å². The predicted octanol–water partition coefficient (Wildman–Crippen LogP) is 2.09. The highest BCUT2D eigenvalue weighted by atomic mass is 127. The van der Waals surface area contributed by atoms with Gasteiger partial charge in [0.2, 0.25) is 5.91 Å². The monoisotopic (exact) mass is 273 g/mol. The van der Waals surface area contributed by atoms with Gasteiger partial charge in [-0.1, -0.05) is 0 Å². The Balaban J connectivity index is 2.55. The molecule has 1 aliphatic heterocycles. The average Bonchev–Trinajstić information content (AvgIpc) is 2.30. The van der Waals surface area contributed by atoms with Crippen molar-refractivity contribution in [3.05, 3.63) is 26.8 Å². The van der Waals surface area contributed by atoms with Crippen LogP contribution in [0.15, 0.2) is 12.1 Å². The Hall–Kier alpha value is -0.580. The zero-order chi connectivity index (χ0) is 8.72. The molecule has 0 atom stereocenters. The van der Waals surface area contributed by atoms with E-state index in [4.69, 9.17) is 0 Å². The van der Waals surface area contributed by atoms with Crippen molar-refractivity contribution in [2.45, 2.75) is 13.3 Å². The van der Waals surface area contributed by atoms with Crippen LogP contribution in [0.1, 0.15) is 11.1 Å². The molecule has 1 aromatic carbocycles. The summed E-state index contributed by atoms with van der Waals surface area (Å²) in [4.78, 5) is 11.0. The number of amides is 1. The first-order valence-corrected chi connectivity index (χ1v) is 4.83. The number of nitrogens with one attached hydrogen (secondary N) is 1. The molecule has 0 saturated heterocycles. The van der Waals surface area contributed by atoms with Crippen molar-refractivity contribution in [1.29, 1.82) is 0 Å². The minimum Gasteiger partial charge on any atom is -0.326 e. The van der Waals surface area contributed by atoms with E-state index in [-0.39, 0.29) is 5.91 Å². The molecule has 0 aliphatic carbocycles. The maximum atomic E-state index is 11.0. The minimum absolute atomic E-state index is 0.103. The maximum absolute atomic E-state index is 11.0. The van der Waals surface area contributed by atoms with E-state index in [1.54, 1.807) is 0 Å². The van der Waals surface area contributed by atoms with Gasteiger partial charge in [-0.2, -0.15) is 0 Å². The van der Waals surface area contributed by atoms with Crippen LogP contribution in [0.5, 0.6) is 0 Å². The zero-order valence-electron chi connectivity index (χ0n) is 6.65. The summed E-state index contributed by atoms with van der Waals surface area (Å²) >= 11 is 2.29. The first kappa shape index (κ1) is 8.04. The van der Waals surface area contributed by atoms with Crippen LogP contribution >= 0.6 is 22.6 Å². The van der Waals surface area contributed by atoms with Gasteiger partial charge < -0.3 is 5.32 Å². The first-order valence-electron chi connectivity index (χ1n) is 3.75. The number of hydrogen-bond acceptors (Lipinski definition) is 1. The van der Waals surface area contributed by atoms with Gasteiger partial charge in [0.25, 0.3) is 0 Å². The lowest BCUT2D eigenvalue weighted by molar-refractivity contribution is -0.115. The molecule has 1 aromatic rings. The van der Waals surface area contributed by atoms with Gasteiger partial charge >= 0.3 is 0 Å². The van der Waals surface area contributed by atoms with Crippen LogP contribution in [0.25, 0.3) is 0 Å². The summed E-state index contributed by atoms with van der Waals surface area (Å²) in [7, 11) is 0. The van der Waals surface area contributed by atoms with E-state index in [1.165, 1.54) is 9.13 Å². The summed E-state index contributed by atoms with van der Waals surface area (Å²) in [6.45, 7) is 2.05. The fourth-order valence-corrected chi connectivity index (χ4v) is 1.88. The normalized spacial score (nSPS) is 14.3. The van der Waals surface area contributed by atoms with Gasteiger partial charge in [0, 0.05) is 9.26 Å². The number of rotatable bonds is 0. The van der Waals surface area contributed by atoms with E-state index in [1.807, 2.05) is 13.0 Å². The van der Waals surface area contributed by atoms with Gasteiger partial charge in [0.1, 0.15) is 0 Å². The van der Waals surface area contributed by atoms with Crippen molar-refractivity contribution >= 4 is 34.2 Å². The number of benzene rings is 1. The number of carbonyl (C=O) groups excluding carboxylic acids is 1. The Labute approximate surface area is 84.5 Å². The summed E-state index contributed by atoms with van der Waals surface area (Å²) < 4.78 is 1.22. The van der Waals surface area contributed by atoms with E-state index in [0.29, 0.717) is 6.42 Å². The molecule has 0 saturated carbocycles. The Bertz CT molecular complexity index is 327. The van der Waals surface area contributed by atoms with Crippen LogP contribution in [0.3, 0.4) is 0 Å². The molecule has 1 aliphatic rings. The molecule has 0 bridgehead atoms. The number of anilines is 1. The minimum atomic E-state index is 0.103. The SMILES string of the molecule is Cc1cc2c(cc1I)CC(=O)N2. The molecule has 2 nitrogen and oxygen atoms in total. The van der Waals surface area contributed by atoms with Crippen LogP contribution in [0.2, 0.25) is 0 Å². The molecule has 0 aromatic heterocycles. The van der Waals surface area contributed by atoms with Gasteiger partial charge in [0.15, 0.2) is 0 Å². The van der Waals surface area contributed by atoms with Crippen LogP contribution in [-0.2, 0) is 11.2 Å². The lowest BCUT2D eigenvalue weighted by Gasteiger charge is -2.02. The molecular weight excluding hydrogens is 265 g/mol. The van der Waals surface area contributed by atoms with Crippen LogP contribution in [-0.4, -0.2) is 5.91 Å². The Morgan fingerprint density at radius 3 is 3.00 bits per heavy atom. The van der Waals surface area contributed by atoms with E-state index in [9.17, 15) is 4.79 Å². The standard InChI is InChI=1S/C9H8INO/c1-5-2-8-6(3-7(5)10)4-9(12)11-8/h2-3H,4H2,1H3,(H,11,12).